The maximum absolute atomic E-state index is 12.4. The number of hydrogen-bond acceptors (Lipinski definition) is 3. The van der Waals surface area contributed by atoms with Gasteiger partial charge in [-0.3, -0.25) is 4.79 Å². The standard InChI is InChI=1S/C14H20N2O2/c1-9-4-3-5-11(13(9)17)14(18)16(2)12(8-15)10-6-7-10/h3-5,10,12,17H,6-8,15H2,1-2H3. The maximum Gasteiger partial charge on any atom is 0.257 e. The van der Waals surface area contributed by atoms with E-state index in [1.54, 1.807) is 37.1 Å². The van der Waals surface area contributed by atoms with E-state index in [-0.39, 0.29) is 17.7 Å². The summed E-state index contributed by atoms with van der Waals surface area (Å²) in [5.74, 6) is 0.440. The van der Waals surface area contributed by atoms with Crippen molar-refractivity contribution >= 4 is 5.91 Å². The molecular formula is C14H20N2O2. The number of aryl methyl sites for hydroxylation is 1. The Morgan fingerprint density at radius 1 is 1.56 bits per heavy atom. The second-order valence-corrected chi connectivity index (χ2v) is 5.03. The molecule has 0 saturated heterocycles. The summed E-state index contributed by atoms with van der Waals surface area (Å²) in [5.41, 5.74) is 6.81. The molecule has 1 aliphatic rings. The number of carbonyl (C=O) groups excluding carboxylic acids is 1. The van der Waals surface area contributed by atoms with Crippen molar-refractivity contribution in [2.45, 2.75) is 25.8 Å². The average Bonchev–Trinajstić information content (AvgIpc) is 3.17. The zero-order valence-corrected chi connectivity index (χ0v) is 10.9. The van der Waals surface area contributed by atoms with Gasteiger partial charge in [-0.05, 0) is 37.3 Å². The van der Waals surface area contributed by atoms with Gasteiger partial charge < -0.3 is 15.7 Å². The van der Waals surface area contributed by atoms with Gasteiger partial charge in [-0.2, -0.15) is 0 Å². The zero-order chi connectivity index (χ0) is 13.3. The third kappa shape index (κ3) is 2.34. The number of amides is 1. The summed E-state index contributed by atoms with van der Waals surface area (Å²) in [4.78, 5) is 14.0. The summed E-state index contributed by atoms with van der Waals surface area (Å²) >= 11 is 0. The number of rotatable bonds is 4. The maximum atomic E-state index is 12.4. The summed E-state index contributed by atoms with van der Waals surface area (Å²) in [5, 5.41) is 9.95. The lowest BCUT2D eigenvalue weighted by molar-refractivity contribution is 0.0715. The molecule has 98 valence electrons. The molecule has 0 spiro atoms. The molecule has 0 heterocycles. The fraction of sp³-hybridized carbons (Fsp3) is 0.500. The van der Waals surface area contributed by atoms with Crippen LogP contribution < -0.4 is 5.73 Å². The van der Waals surface area contributed by atoms with E-state index >= 15 is 0 Å². The van der Waals surface area contributed by atoms with Crippen molar-refractivity contribution in [3.05, 3.63) is 29.3 Å². The Hall–Kier alpha value is -1.55. The second kappa shape index (κ2) is 4.98. The first kappa shape index (κ1) is 12.9. The summed E-state index contributed by atoms with van der Waals surface area (Å²) in [6.07, 6.45) is 2.28. The minimum atomic E-state index is -0.154. The first-order valence-electron chi connectivity index (χ1n) is 6.32. The summed E-state index contributed by atoms with van der Waals surface area (Å²) in [6, 6.07) is 5.30. The molecule has 0 aliphatic heterocycles. The first-order chi connectivity index (χ1) is 8.56. The molecule has 18 heavy (non-hydrogen) atoms. The number of hydrogen-bond donors (Lipinski definition) is 2. The van der Waals surface area contributed by atoms with Crippen LogP contribution in [0, 0.1) is 12.8 Å². The van der Waals surface area contributed by atoms with Gasteiger partial charge in [0.2, 0.25) is 0 Å². The number of likely N-dealkylation sites (N-methyl/N-ethyl adjacent to an activating group) is 1. The summed E-state index contributed by atoms with van der Waals surface area (Å²) in [6.45, 7) is 2.26. The lowest BCUT2D eigenvalue weighted by Gasteiger charge is -2.27. The van der Waals surface area contributed by atoms with Crippen LogP contribution in [0.5, 0.6) is 5.75 Å². The third-order valence-corrected chi connectivity index (χ3v) is 3.69. The average molecular weight is 248 g/mol. The number of phenols is 1. The molecule has 0 radical (unpaired) electrons. The Morgan fingerprint density at radius 2 is 2.22 bits per heavy atom. The predicted octanol–water partition coefficient (Wildman–Crippen LogP) is 1.51. The third-order valence-electron chi connectivity index (χ3n) is 3.69. The Bertz CT molecular complexity index is 455. The van der Waals surface area contributed by atoms with Crippen molar-refractivity contribution in [1.82, 2.24) is 4.90 Å². The topological polar surface area (TPSA) is 66.6 Å². The van der Waals surface area contributed by atoms with E-state index in [2.05, 4.69) is 0 Å². The predicted molar refractivity (Wildman–Crippen MR) is 70.5 cm³/mol. The van der Waals surface area contributed by atoms with E-state index in [1.165, 1.54) is 0 Å². The largest absolute Gasteiger partial charge is 0.507 e. The van der Waals surface area contributed by atoms with Gasteiger partial charge in [0, 0.05) is 19.6 Å². The van der Waals surface area contributed by atoms with Crippen molar-refractivity contribution in [3.63, 3.8) is 0 Å². The van der Waals surface area contributed by atoms with Crippen LogP contribution in [-0.4, -0.2) is 35.5 Å². The van der Waals surface area contributed by atoms with Crippen LogP contribution in [0.15, 0.2) is 18.2 Å². The minimum absolute atomic E-state index is 0.0703. The molecule has 1 aromatic carbocycles. The molecule has 1 aliphatic carbocycles. The monoisotopic (exact) mass is 248 g/mol. The van der Waals surface area contributed by atoms with E-state index in [4.69, 9.17) is 5.73 Å². The fourth-order valence-electron chi connectivity index (χ4n) is 2.32. The molecule has 4 nitrogen and oxygen atoms in total. The first-order valence-corrected chi connectivity index (χ1v) is 6.32. The van der Waals surface area contributed by atoms with Crippen molar-refractivity contribution < 1.29 is 9.90 Å². The molecule has 1 amide bonds. The van der Waals surface area contributed by atoms with E-state index in [0.717, 1.165) is 12.8 Å². The summed E-state index contributed by atoms with van der Waals surface area (Å²) in [7, 11) is 1.76. The highest BCUT2D eigenvalue weighted by Crippen LogP contribution is 2.35. The zero-order valence-electron chi connectivity index (χ0n) is 10.9. The molecule has 0 aromatic heterocycles. The Morgan fingerprint density at radius 3 is 2.78 bits per heavy atom. The highest BCUT2D eigenvalue weighted by molar-refractivity contribution is 5.97. The normalized spacial score (nSPS) is 16.4. The number of benzene rings is 1. The van der Waals surface area contributed by atoms with E-state index < -0.39 is 0 Å². The van der Waals surface area contributed by atoms with Gasteiger partial charge >= 0.3 is 0 Å². The molecule has 4 heteroatoms. The van der Waals surface area contributed by atoms with Crippen LogP contribution in [0.1, 0.15) is 28.8 Å². The molecule has 1 aromatic rings. The molecule has 3 N–H and O–H groups in total. The van der Waals surface area contributed by atoms with E-state index in [9.17, 15) is 9.90 Å². The van der Waals surface area contributed by atoms with Crippen LogP contribution in [-0.2, 0) is 0 Å². The van der Waals surface area contributed by atoms with Gasteiger partial charge in [0.25, 0.3) is 5.91 Å². The van der Waals surface area contributed by atoms with E-state index in [0.29, 0.717) is 23.6 Å². The molecule has 2 rings (SSSR count). The van der Waals surface area contributed by atoms with E-state index in [1.807, 2.05) is 0 Å². The molecule has 1 saturated carbocycles. The minimum Gasteiger partial charge on any atom is -0.507 e. The Labute approximate surface area is 107 Å². The van der Waals surface area contributed by atoms with Crippen LogP contribution in [0.3, 0.4) is 0 Å². The van der Waals surface area contributed by atoms with Crippen molar-refractivity contribution in [2.75, 3.05) is 13.6 Å². The number of carbonyl (C=O) groups is 1. The van der Waals surface area contributed by atoms with Crippen molar-refractivity contribution in [2.24, 2.45) is 11.7 Å². The SMILES string of the molecule is Cc1cccc(C(=O)N(C)C(CN)C2CC2)c1O. The van der Waals surface area contributed by atoms with Gasteiger partial charge in [0.15, 0.2) is 0 Å². The van der Waals surface area contributed by atoms with Gasteiger partial charge in [-0.1, -0.05) is 12.1 Å². The number of para-hydroxylation sites is 1. The van der Waals surface area contributed by atoms with Crippen LogP contribution in [0.2, 0.25) is 0 Å². The smallest absolute Gasteiger partial charge is 0.257 e. The van der Waals surface area contributed by atoms with Gasteiger partial charge in [-0.15, -0.1) is 0 Å². The number of nitrogens with two attached hydrogens (primary N) is 1. The van der Waals surface area contributed by atoms with Crippen molar-refractivity contribution in [3.8, 4) is 5.75 Å². The Kier molecular flexibility index (Phi) is 3.57. The quantitative estimate of drug-likeness (QED) is 0.848. The van der Waals surface area contributed by atoms with Gasteiger partial charge in [0.05, 0.1) is 5.56 Å². The highest BCUT2D eigenvalue weighted by atomic mass is 16.3. The summed E-state index contributed by atoms with van der Waals surface area (Å²) < 4.78 is 0. The molecular weight excluding hydrogens is 228 g/mol. The van der Waals surface area contributed by atoms with Gasteiger partial charge in [0.1, 0.15) is 5.75 Å². The van der Waals surface area contributed by atoms with Gasteiger partial charge in [-0.25, -0.2) is 0 Å². The molecule has 1 fully saturated rings. The van der Waals surface area contributed by atoms with Crippen LogP contribution in [0.4, 0.5) is 0 Å². The lowest BCUT2D eigenvalue weighted by atomic mass is 10.1. The van der Waals surface area contributed by atoms with Crippen LogP contribution in [0.25, 0.3) is 0 Å². The number of nitrogens with zero attached hydrogens (tertiary/aromatic N) is 1. The lowest BCUT2D eigenvalue weighted by Crippen LogP contribution is -2.43. The Balaban J connectivity index is 2.22. The van der Waals surface area contributed by atoms with Crippen LogP contribution >= 0.6 is 0 Å². The highest BCUT2D eigenvalue weighted by Gasteiger charge is 2.35. The van der Waals surface area contributed by atoms with Crippen molar-refractivity contribution in [1.29, 1.82) is 0 Å². The number of phenolic OH excluding ortho intramolecular Hbond substituents is 1. The fourth-order valence-corrected chi connectivity index (χ4v) is 2.32. The molecule has 0 bridgehead atoms. The molecule has 1 atom stereocenters. The molecule has 1 unspecified atom stereocenters. The number of aromatic hydroxyl groups is 1. The second-order valence-electron chi connectivity index (χ2n) is 5.03.